The van der Waals surface area contributed by atoms with Crippen molar-refractivity contribution in [3.05, 3.63) is 23.3 Å². The molecule has 6 nitrogen and oxygen atoms in total. The monoisotopic (exact) mass is 995 g/mol. The van der Waals surface area contributed by atoms with Crippen LogP contribution >= 0.6 is 0 Å². The number of hydrogen-bond acceptors (Lipinski definition) is 6. The maximum atomic E-state index is 13.6. The molecule has 8 saturated carbocycles. The molecule has 0 spiro atoms. The van der Waals surface area contributed by atoms with E-state index in [-0.39, 0.29) is 13.2 Å². The van der Waals surface area contributed by atoms with Gasteiger partial charge in [-0.1, -0.05) is 107 Å². The Hall–Kier alpha value is -2.24. The summed E-state index contributed by atoms with van der Waals surface area (Å²) in [6.45, 7) is 25.6. The van der Waals surface area contributed by atoms with Crippen LogP contribution in [-0.2, 0) is 9.47 Å². The first kappa shape index (κ1) is 54.5. The Kier molecular flexibility index (Phi) is 17.2. The van der Waals surface area contributed by atoms with E-state index in [1.54, 1.807) is 12.1 Å². The summed E-state index contributed by atoms with van der Waals surface area (Å²) in [6.07, 6.45) is 36.4. The average Bonchev–Trinajstić information content (AvgIpc) is 3.91. The van der Waals surface area contributed by atoms with Crippen LogP contribution in [0.15, 0.2) is 12.1 Å². The van der Waals surface area contributed by atoms with E-state index in [9.17, 15) is 9.59 Å². The van der Waals surface area contributed by atoms with Crippen molar-refractivity contribution >= 4 is 11.9 Å². The number of hydrogen-bond donors (Lipinski definition) is 0. The van der Waals surface area contributed by atoms with Gasteiger partial charge in [-0.05, 0) is 246 Å². The van der Waals surface area contributed by atoms with E-state index in [2.05, 4.69) is 55.4 Å². The van der Waals surface area contributed by atoms with Gasteiger partial charge in [0.2, 0.25) is 0 Å². The van der Waals surface area contributed by atoms with Crippen LogP contribution in [0.2, 0.25) is 0 Å². The lowest BCUT2D eigenvalue weighted by Gasteiger charge is -2.61. The third kappa shape index (κ3) is 10.5. The molecular formula is C66H106O6. The maximum Gasteiger partial charge on any atom is 0.342 e. The zero-order valence-corrected chi connectivity index (χ0v) is 47.9. The summed E-state index contributed by atoms with van der Waals surface area (Å²) < 4.78 is 24.1. The highest BCUT2D eigenvalue weighted by Gasteiger charge is 2.62. The first-order valence-corrected chi connectivity index (χ1v) is 31.3. The van der Waals surface area contributed by atoms with Crippen molar-refractivity contribution in [1.82, 2.24) is 0 Å². The molecule has 0 heterocycles. The van der Waals surface area contributed by atoms with Crippen LogP contribution in [0.3, 0.4) is 0 Å². The molecule has 0 N–H and O–H groups in total. The molecule has 1 aromatic rings. The topological polar surface area (TPSA) is 71.1 Å². The molecule has 1 aromatic carbocycles. The second-order valence-electron chi connectivity index (χ2n) is 28.2. The van der Waals surface area contributed by atoms with Crippen molar-refractivity contribution < 1.29 is 28.5 Å². The molecule has 6 heteroatoms. The minimum absolute atomic E-state index is 0.252. The largest absolute Gasteiger partial charge is 0.492 e. The Morgan fingerprint density at radius 3 is 1.29 bits per heavy atom. The Balaban J connectivity index is 0.761. The number of benzene rings is 1. The van der Waals surface area contributed by atoms with Crippen molar-refractivity contribution in [3.8, 4) is 11.5 Å². The van der Waals surface area contributed by atoms with Crippen molar-refractivity contribution in [3.63, 3.8) is 0 Å². The normalized spacial score (nSPS) is 39.6. The Labute approximate surface area is 440 Å². The summed E-state index contributed by atoms with van der Waals surface area (Å²) in [7, 11) is 0. The number of esters is 2. The minimum Gasteiger partial charge on any atom is -0.492 e. The molecule has 0 aliphatic heterocycles. The van der Waals surface area contributed by atoms with Gasteiger partial charge in [0.25, 0.3) is 0 Å². The molecular weight excluding hydrogens is 889 g/mol. The second-order valence-corrected chi connectivity index (χ2v) is 28.2. The van der Waals surface area contributed by atoms with Crippen LogP contribution in [0.4, 0.5) is 0 Å². The lowest BCUT2D eigenvalue weighted by atomic mass is 9.44. The summed E-state index contributed by atoms with van der Waals surface area (Å²) in [5, 5.41) is 0. The first-order chi connectivity index (χ1) is 34.5. The van der Waals surface area contributed by atoms with Crippen LogP contribution in [0.25, 0.3) is 0 Å². The summed E-state index contributed by atoms with van der Waals surface area (Å²) in [4.78, 5) is 27.1. The number of ether oxygens (including phenoxy) is 4. The zero-order valence-electron chi connectivity index (χ0n) is 47.9. The SMILES string of the molecule is CCOC(=O)c1cc(OCC(C)CCC[C@@H](C)[C@H]2CC[C@H]3[C@@H]4CCC5CCCC[C@]5(C)[C@H]4CC[C@]23C)c(C(=O)OCC)cc1OCC(C)CCC[C@@H](C)[C@H]1CC[C@H]2[C@@H]3CCC4CCCC[C@]4(C)[C@H]3CC[C@]12C. The molecule has 8 fully saturated rings. The summed E-state index contributed by atoms with van der Waals surface area (Å²) in [6, 6.07) is 3.36. The van der Waals surface area contributed by atoms with Gasteiger partial charge in [0.1, 0.15) is 22.6 Å². The number of fused-ring (bicyclic) bond motifs is 10. The third-order valence-electron chi connectivity index (χ3n) is 24.5. The molecule has 18 atom stereocenters. The van der Waals surface area contributed by atoms with Gasteiger partial charge in [-0.2, -0.15) is 0 Å². The second kappa shape index (κ2) is 22.8. The van der Waals surface area contributed by atoms with E-state index in [0.29, 0.717) is 69.3 Å². The summed E-state index contributed by atoms with van der Waals surface area (Å²) in [5.74, 6) is 11.2. The van der Waals surface area contributed by atoms with E-state index in [1.807, 2.05) is 13.8 Å². The minimum atomic E-state index is -0.457. The zero-order chi connectivity index (χ0) is 51.0. The van der Waals surface area contributed by atoms with E-state index in [0.717, 1.165) is 83.9 Å². The van der Waals surface area contributed by atoms with E-state index < -0.39 is 11.9 Å². The van der Waals surface area contributed by atoms with Gasteiger partial charge >= 0.3 is 11.9 Å². The molecule has 0 amide bonds. The Morgan fingerprint density at radius 1 is 0.486 bits per heavy atom. The van der Waals surface area contributed by atoms with Crippen molar-refractivity contribution in [1.29, 1.82) is 0 Å². The molecule has 72 heavy (non-hydrogen) atoms. The van der Waals surface area contributed by atoms with Crippen molar-refractivity contribution in [2.24, 2.45) is 105 Å². The smallest absolute Gasteiger partial charge is 0.342 e. The lowest BCUT2D eigenvalue weighted by molar-refractivity contribution is -0.114. The Morgan fingerprint density at radius 2 is 0.889 bits per heavy atom. The predicted molar refractivity (Wildman–Crippen MR) is 293 cm³/mol. The molecule has 8 aliphatic rings. The number of carbonyl (C=O) groups excluding carboxylic acids is 2. The number of carbonyl (C=O) groups is 2. The fraction of sp³-hybridized carbons (Fsp3) is 0.879. The maximum absolute atomic E-state index is 13.6. The molecule has 0 bridgehead atoms. The quantitative estimate of drug-likeness (QED) is 0.121. The molecule has 0 aromatic heterocycles. The molecule has 9 rings (SSSR count). The van der Waals surface area contributed by atoms with Gasteiger partial charge in [-0.25, -0.2) is 9.59 Å². The van der Waals surface area contributed by atoms with Gasteiger partial charge in [0.15, 0.2) is 0 Å². The average molecular weight is 996 g/mol. The van der Waals surface area contributed by atoms with E-state index in [1.165, 1.54) is 154 Å². The summed E-state index contributed by atoms with van der Waals surface area (Å²) in [5.41, 5.74) is 2.85. The van der Waals surface area contributed by atoms with Gasteiger partial charge < -0.3 is 18.9 Å². The van der Waals surface area contributed by atoms with E-state index in [4.69, 9.17) is 18.9 Å². The van der Waals surface area contributed by atoms with Gasteiger partial charge in [0.05, 0.1) is 26.4 Å². The van der Waals surface area contributed by atoms with Crippen molar-refractivity contribution in [2.75, 3.05) is 26.4 Å². The third-order valence-corrected chi connectivity index (χ3v) is 24.5. The highest BCUT2D eigenvalue weighted by Crippen LogP contribution is 2.70. The summed E-state index contributed by atoms with van der Waals surface area (Å²) >= 11 is 0. The standard InChI is InChI=1S/C66H106O6/c1-11-69-61(67)51-39-60(72-42-44(4)20-18-22-46(6)54-30-32-56-50-28-26-48-24-14-16-36-64(48,8)58(50)34-38-66(54,56)10)52(62(68)70-12-2)40-59(51)71-41-43(3)19-17-21-45(5)53-29-31-55-49-27-25-47-23-13-15-35-63(47,7)57(49)33-37-65(53,55)9/h39-40,43-50,53-58H,11-38,41-42H2,1-10H3/t43?,44?,45-,46-,47?,48?,49+,50+,53-,54-,55+,56+,57+,58+,63+,64+,65-,66-/m1/s1. The van der Waals surface area contributed by atoms with Crippen LogP contribution < -0.4 is 9.47 Å². The number of rotatable bonds is 20. The van der Waals surface area contributed by atoms with Gasteiger partial charge in [-0.3, -0.25) is 0 Å². The first-order valence-electron chi connectivity index (χ1n) is 31.3. The van der Waals surface area contributed by atoms with Gasteiger partial charge in [-0.15, -0.1) is 0 Å². The van der Waals surface area contributed by atoms with Crippen LogP contribution in [0.1, 0.15) is 257 Å². The Bertz CT molecular complexity index is 1850. The predicted octanol–water partition coefficient (Wildman–Crippen LogP) is 17.8. The van der Waals surface area contributed by atoms with Gasteiger partial charge in [0, 0.05) is 0 Å². The molecule has 406 valence electrons. The van der Waals surface area contributed by atoms with Crippen molar-refractivity contribution in [2.45, 2.75) is 236 Å². The lowest BCUT2D eigenvalue weighted by Crippen LogP contribution is -2.53. The fourth-order valence-electron chi connectivity index (χ4n) is 20.7. The highest BCUT2D eigenvalue weighted by atomic mass is 16.5. The fourth-order valence-corrected chi connectivity index (χ4v) is 20.7. The van der Waals surface area contributed by atoms with Crippen LogP contribution in [-0.4, -0.2) is 38.4 Å². The van der Waals surface area contributed by atoms with E-state index >= 15 is 0 Å². The van der Waals surface area contributed by atoms with Crippen LogP contribution in [0, 0.1) is 105 Å². The van der Waals surface area contributed by atoms with Crippen LogP contribution in [0.5, 0.6) is 11.5 Å². The molecule has 4 unspecified atom stereocenters. The molecule has 0 saturated heterocycles. The molecule has 0 radical (unpaired) electrons. The highest BCUT2D eigenvalue weighted by molar-refractivity contribution is 5.98. The molecule has 8 aliphatic carbocycles.